The number of hydrogen-bond donors (Lipinski definition) is 2. The molecule has 0 spiro atoms. The second kappa shape index (κ2) is 5.89. The summed E-state index contributed by atoms with van der Waals surface area (Å²) < 4.78 is 0. The van der Waals surface area contributed by atoms with Crippen molar-refractivity contribution in [3.63, 3.8) is 0 Å². The Labute approximate surface area is 153 Å². The van der Waals surface area contributed by atoms with Crippen molar-refractivity contribution in [3.8, 4) is 0 Å². The van der Waals surface area contributed by atoms with Crippen LogP contribution >= 0.6 is 23.2 Å². The van der Waals surface area contributed by atoms with Gasteiger partial charge in [-0.2, -0.15) is 0 Å². The first-order valence-electron chi connectivity index (χ1n) is 9.26. The molecule has 4 atom stereocenters. The molecule has 0 bridgehead atoms. The van der Waals surface area contributed by atoms with Crippen LogP contribution < -0.4 is 10.6 Å². The van der Waals surface area contributed by atoms with Gasteiger partial charge in [-0.15, -0.1) is 0 Å². The molecule has 1 aliphatic heterocycles. The van der Waals surface area contributed by atoms with E-state index in [1.807, 2.05) is 0 Å². The summed E-state index contributed by atoms with van der Waals surface area (Å²) in [7, 11) is 0. The second-order valence-corrected chi connectivity index (χ2v) is 8.44. The van der Waals surface area contributed by atoms with Gasteiger partial charge in [0.2, 0.25) is 0 Å². The van der Waals surface area contributed by atoms with E-state index in [1.54, 1.807) is 22.3 Å². The quantitative estimate of drug-likeness (QED) is 0.529. The smallest absolute Gasteiger partial charge is 0.195 e. The first-order valence-corrected chi connectivity index (χ1v) is 10.1. The maximum Gasteiger partial charge on any atom is 0.195 e. The molecule has 5 aliphatic rings. The zero-order chi connectivity index (χ0) is 16.3. The van der Waals surface area contributed by atoms with E-state index in [0.29, 0.717) is 5.29 Å². The number of aliphatic imine (C=N–C) groups is 1. The van der Waals surface area contributed by atoms with E-state index in [4.69, 9.17) is 23.2 Å². The topological polar surface area (TPSA) is 36.4 Å². The van der Waals surface area contributed by atoms with Crippen molar-refractivity contribution in [1.82, 2.24) is 10.6 Å². The van der Waals surface area contributed by atoms with E-state index in [2.05, 4.69) is 21.7 Å². The molecule has 4 aliphatic carbocycles. The molecule has 5 rings (SSSR count). The van der Waals surface area contributed by atoms with Gasteiger partial charge < -0.3 is 5.32 Å². The number of nitrogens with one attached hydrogen (secondary N) is 2. The molecule has 4 unspecified atom stereocenters. The highest BCUT2D eigenvalue weighted by atomic mass is 35.5. The van der Waals surface area contributed by atoms with Crippen LogP contribution in [0, 0.1) is 11.8 Å². The molecule has 0 aromatic carbocycles. The minimum Gasteiger partial charge on any atom is -0.341 e. The van der Waals surface area contributed by atoms with Gasteiger partial charge in [0, 0.05) is 0 Å². The van der Waals surface area contributed by atoms with Gasteiger partial charge >= 0.3 is 0 Å². The van der Waals surface area contributed by atoms with Crippen molar-refractivity contribution < 1.29 is 0 Å². The lowest BCUT2D eigenvalue weighted by Gasteiger charge is -2.45. The molecule has 3 nitrogen and oxygen atoms in total. The molecular formula is C19H23Cl2N3. The summed E-state index contributed by atoms with van der Waals surface area (Å²) in [6.07, 6.45) is 12.8. The van der Waals surface area contributed by atoms with Gasteiger partial charge in [-0.05, 0) is 97.1 Å². The number of amidine groups is 1. The van der Waals surface area contributed by atoms with Crippen LogP contribution in [-0.2, 0) is 0 Å². The van der Waals surface area contributed by atoms with Gasteiger partial charge in [-0.3, -0.25) is 5.32 Å². The minimum absolute atomic E-state index is 0.0212. The van der Waals surface area contributed by atoms with Gasteiger partial charge in [0.05, 0.1) is 0 Å². The Hall–Kier alpha value is -0.770. The largest absolute Gasteiger partial charge is 0.341 e. The van der Waals surface area contributed by atoms with Crippen LogP contribution in [-0.4, -0.2) is 17.1 Å². The number of halogens is 2. The Kier molecular flexibility index (Phi) is 3.80. The SMILES string of the molecule is ClC1=NC(Cl)NC(C2=CCC3CCC4=C5C3=C2CCC5CCC4)N1. The summed E-state index contributed by atoms with van der Waals surface area (Å²) in [5.41, 5.74) is 7.71. The predicted molar refractivity (Wildman–Crippen MR) is 99.0 cm³/mol. The van der Waals surface area contributed by atoms with Gasteiger partial charge in [0.15, 0.2) is 10.9 Å². The first-order chi connectivity index (χ1) is 11.7. The highest BCUT2D eigenvalue weighted by molar-refractivity contribution is 6.65. The van der Waals surface area contributed by atoms with Crippen LogP contribution in [0.25, 0.3) is 0 Å². The second-order valence-electron chi connectivity index (χ2n) is 7.67. The average molecular weight is 364 g/mol. The molecule has 128 valence electrons. The Bertz CT molecular complexity index is 703. The Morgan fingerprint density at radius 3 is 2.79 bits per heavy atom. The fourth-order valence-electron chi connectivity index (χ4n) is 5.52. The molecule has 24 heavy (non-hydrogen) atoms. The van der Waals surface area contributed by atoms with E-state index in [9.17, 15) is 0 Å². The maximum atomic E-state index is 6.20. The molecule has 0 aromatic heterocycles. The normalized spacial score (nSPS) is 38.2. The number of allylic oxidation sites excluding steroid dienone is 4. The number of alkyl halides is 1. The van der Waals surface area contributed by atoms with Crippen molar-refractivity contribution in [2.75, 3.05) is 0 Å². The Balaban J connectivity index is 1.57. The van der Waals surface area contributed by atoms with E-state index in [1.165, 1.54) is 50.5 Å². The van der Waals surface area contributed by atoms with Crippen molar-refractivity contribution in [1.29, 1.82) is 0 Å². The third-order valence-corrected chi connectivity index (χ3v) is 6.89. The lowest BCUT2D eigenvalue weighted by Crippen LogP contribution is -2.53. The molecular weight excluding hydrogens is 341 g/mol. The Morgan fingerprint density at radius 2 is 1.92 bits per heavy atom. The van der Waals surface area contributed by atoms with Crippen LogP contribution in [0.4, 0.5) is 0 Å². The lowest BCUT2D eigenvalue weighted by molar-refractivity contribution is 0.387. The number of hydrogen-bond acceptors (Lipinski definition) is 3. The summed E-state index contributed by atoms with van der Waals surface area (Å²) in [5.74, 6) is 1.57. The van der Waals surface area contributed by atoms with E-state index in [-0.39, 0.29) is 6.17 Å². The minimum atomic E-state index is -0.458. The van der Waals surface area contributed by atoms with Crippen LogP contribution in [0.3, 0.4) is 0 Å². The Morgan fingerprint density at radius 1 is 1.04 bits per heavy atom. The van der Waals surface area contributed by atoms with Gasteiger partial charge in [-0.1, -0.05) is 23.3 Å². The highest BCUT2D eigenvalue weighted by Crippen LogP contribution is 2.54. The number of nitrogens with zero attached hydrogens (tertiary/aromatic N) is 1. The van der Waals surface area contributed by atoms with E-state index < -0.39 is 5.62 Å². The fraction of sp³-hybridized carbons (Fsp3) is 0.632. The van der Waals surface area contributed by atoms with Crippen LogP contribution in [0.15, 0.2) is 38.9 Å². The molecule has 0 amide bonds. The third kappa shape index (κ3) is 2.40. The number of rotatable bonds is 1. The molecule has 2 N–H and O–H groups in total. The fourth-order valence-corrected chi connectivity index (χ4v) is 6.00. The van der Waals surface area contributed by atoms with Crippen molar-refractivity contribution in [3.05, 3.63) is 33.9 Å². The monoisotopic (exact) mass is 363 g/mol. The summed E-state index contributed by atoms with van der Waals surface area (Å²) in [6.45, 7) is 0. The van der Waals surface area contributed by atoms with E-state index >= 15 is 0 Å². The van der Waals surface area contributed by atoms with E-state index in [0.717, 1.165) is 18.3 Å². The maximum absolute atomic E-state index is 6.20. The van der Waals surface area contributed by atoms with Crippen molar-refractivity contribution >= 4 is 28.5 Å². The third-order valence-electron chi connectivity index (χ3n) is 6.46. The zero-order valence-electron chi connectivity index (χ0n) is 13.7. The summed E-state index contributed by atoms with van der Waals surface area (Å²) in [4.78, 5) is 4.11. The average Bonchev–Trinajstić information content (AvgIpc) is 2.58. The molecule has 0 fully saturated rings. The summed E-state index contributed by atoms with van der Waals surface area (Å²) >= 11 is 12.3. The summed E-state index contributed by atoms with van der Waals surface area (Å²) in [5, 5.41) is 7.00. The van der Waals surface area contributed by atoms with Crippen LogP contribution in [0.1, 0.15) is 51.4 Å². The summed E-state index contributed by atoms with van der Waals surface area (Å²) in [6, 6.07) is 0. The van der Waals surface area contributed by atoms with Gasteiger partial charge in [0.25, 0.3) is 0 Å². The lowest BCUT2D eigenvalue weighted by atomic mass is 9.61. The molecule has 0 radical (unpaired) electrons. The predicted octanol–water partition coefficient (Wildman–Crippen LogP) is 4.55. The van der Waals surface area contributed by atoms with Gasteiger partial charge in [0.1, 0.15) is 6.17 Å². The highest BCUT2D eigenvalue weighted by Gasteiger charge is 2.40. The van der Waals surface area contributed by atoms with Gasteiger partial charge in [-0.25, -0.2) is 4.99 Å². The van der Waals surface area contributed by atoms with Crippen LogP contribution in [0.5, 0.6) is 0 Å². The zero-order valence-corrected chi connectivity index (χ0v) is 15.3. The molecule has 0 aromatic rings. The molecule has 0 saturated carbocycles. The van der Waals surface area contributed by atoms with Crippen LogP contribution in [0.2, 0.25) is 0 Å². The molecule has 0 saturated heterocycles. The standard InChI is InChI=1S/C19H23Cl2N3/c20-18-22-17(23-19(21)24-18)14-9-7-12-5-4-10-2-1-3-11-6-8-13(14)16(12)15(10)11/h9,11-12,17-18,22H,1-8H2,(H,23,24). The first kappa shape index (κ1) is 15.5. The molecule has 5 heteroatoms. The van der Waals surface area contributed by atoms with Crippen molar-refractivity contribution in [2.24, 2.45) is 16.8 Å². The molecule has 1 heterocycles. The van der Waals surface area contributed by atoms with Crippen molar-refractivity contribution in [2.45, 2.75) is 63.2 Å².